The molecule has 1 N–H and O–H groups in total. The van der Waals surface area contributed by atoms with Gasteiger partial charge in [0.1, 0.15) is 17.3 Å². The van der Waals surface area contributed by atoms with Crippen LogP contribution in [0.15, 0.2) is 47.4 Å². The van der Waals surface area contributed by atoms with Gasteiger partial charge in [-0.3, -0.25) is 0 Å². The number of aliphatic hydroxyl groups excluding tert-OH is 1. The van der Waals surface area contributed by atoms with Crippen LogP contribution in [0.2, 0.25) is 0 Å². The lowest BCUT2D eigenvalue weighted by Crippen LogP contribution is -1.98. The maximum absolute atomic E-state index is 13.5. The number of aliphatic hydroxyl groups is 1. The molecule has 0 aromatic heterocycles. The second kappa shape index (κ2) is 5.60. The number of benzene rings is 2. The maximum Gasteiger partial charge on any atom is 0.175 e. The summed E-state index contributed by atoms with van der Waals surface area (Å²) in [6.07, 6.45) is 1.09. The zero-order chi connectivity index (χ0) is 14.8. The molecule has 0 saturated carbocycles. The van der Waals surface area contributed by atoms with Crippen LogP contribution >= 0.6 is 0 Å². The molecule has 2 rings (SSSR count). The first-order valence-electron chi connectivity index (χ1n) is 5.78. The zero-order valence-corrected chi connectivity index (χ0v) is 11.5. The third kappa shape index (κ3) is 3.15. The molecular weight excluding hydrogens is 283 g/mol. The van der Waals surface area contributed by atoms with Gasteiger partial charge >= 0.3 is 0 Å². The molecule has 0 unspecified atom stereocenters. The van der Waals surface area contributed by atoms with Crippen LogP contribution in [-0.4, -0.2) is 19.8 Å². The van der Waals surface area contributed by atoms with Crippen molar-refractivity contribution in [1.82, 2.24) is 0 Å². The maximum atomic E-state index is 13.5. The molecule has 0 atom stereocenters. The zero-order valence-electron chi connectivity index (χ0n) is 10.7. The number of halogens is 1. The van der Waals surface area contributed by atoms with Crippen LogP contribution in [-0.2, 0) is 16.4 Å². The SMILES string of the molecule is CS(=O)(=O)c1cccc(Oc2cccc(F)c2CO)c1. The Kier molecular flexibility index (Phi) is 4.06. The van der Waals surface area contributed by atoms with Gasteiger partial charge in [0.2, 0.25) is 0 Å². The van der Waals surface area contributed by atoms with Crippen LogP contribution in [0.1, 0.15) is 5.56 Å². The van der Waals surface area contributed by atoms with Crippen LogP contribution < -0.4 is 4.74 Å². The second-order valence-corrected chi connectivity index (χ2v) is 6.24. The van der Waals surface area contributed by atoms with Crippen molar-refractivity contribution in [2.75, 3.05) is 6.26 Å². The molecule has 0 aliphatic heterocycles. The molecule has 0 radical (unpaired) electrons. The summed E-state index contributed by atoms with van der Waals surface area (Å²) in [6, 6.07) is 10.0. The summed E-state index contributed by atoms with van der Waals surface area (Å²) in [5.74, 6) is -0.171. The Labute approximate surface area is 116 Å². The monoisotopic (exact) mass is 296 g/mol. The van der Waals surface area contributed by atoms with E-state index in [9.17, 15) is 12.8 Å². The van der Waals surface area contributed by atoms with E-state index in [0.717, 1.165) is 6.26 Å². The molecular formula is C14H13FO4S. The number of ether oxygens (including phenoxy) is 1. The predicted octanol–water partition coefficient (Wildman–Crippen LogP) is 2.51. The van der Waals surface area contributed by atoms with E-state index in [-0.39, 0.29) is 22.0 Å². The summed E-state index contributed by atoms with van der Waals surface area (Å²) in [5.41, 5.74) is 0.0252. The smallest absolute Gasteiger partial charge is 0.175 e. The highest BCUT2D eigenvalue weighted by Crippen LogP contribution is 2.28. The third-order valence-corrected chi connectivity index (χ3v) is 3.81. The van der Waals surface area contributed by atoms with Gasteiger partial charge in [-0.05, 0) is 30.3 Å². The van der Waals surface area contributed by atoms with Crippen molar-refractivity contribution < 1.29 is 22.7 Å². The minimum Gasteiger partial charge on any atom is -0.457 e. The lowest BCUT2D eigenvalue weighted by atomic mass is 10.2. The van der Waals surface area contributed by atoms with Gasteiger partial charge in [0.15, 0.2) is 9.84 Å². The van der Waals surface area contributed by atoms with Crippen LogP contribution in [0.4, 0.5) is 4.39 Å². The van der Waals surface area contributed by atoms with Gasteiger partial charge in [0.05, 0.1) is 17.1 Å². The molecule has 2 aromatic rings. The standard InChI is InChI=1S/C14H13FO4S/c1-20(17,18)11-5-2-4-10(8-11)19-14-7-3-6-13(15)12(14)9-16/h2-8,16H,9H2,1H3. The van der Waals surface area contributed by atoms with E-state index in [1.807, 2.05) is 0 Å². The van der Waals surface area contributed by atoms with E-state index in [4.69, 9.17) is 9.84 Å². The summed E-state index contributed by atoms with van der Waals surface area (Å²) in [4.78, 5) is 0.108. The van der Waals surface area contributed by atoms with Gasteiger partial charge in [-0.1, -0.05) is 12.1 Å². The summed E-state index contributed by atoms with van der Waals surface area (Å²) in [6.45, 7) is -0.506. The minimum absolute atomic E-state index is 0.0252. The first-order valence-corrected chi connectivity index (χ1v) is 7.67. The summed E-state index contributed by atoms with van der Waals surface area (Å²) in [5, 5.41) is 9.15. The number of hydrogen-bond acceptors (Lipinski definition) is 4. The van der Waals surface area contributed by atoms with E-state index >= 15 is 0 Å². The fourth-order valence-corrected chi connectivity index (χ4v) is 2.34. The third-order valence-electron chi connectivity index (χ3n) is 2.70. The summed E-state index contributed by atoms with van der Waals surface area (Å²) < 4.78 is 41.9. The predicted molar refractivity (Wildman–Crippen MR) is 71.9 cm³/mol. The van der Waals surface area contributed by atoms with Crippen LogP contribution in [0.3, 0.4) is 0 Å². The minimum atomic E-state index is -3.34. The molecule has 20 heavy (non-hydrogen) atoms. The van der Waals surface area contributed by atoms with Crippen molar-refractivity contribution >= 4 is 9.84 Å². The fraction of sp³-hybridized carbons (Fsp3) is 0.143. The molecule has 6 heteroatoms. The first kappa shape index (κ1) is 14.5. The topological polar surface area (TPSA) is 63.6 Å². The van der Waals surface area contributed by atoms with Gasteiger partial charge in [-0.2, -0.15) is 0 Å². The Morgan fingerprint density at radius 1 is 1.20 bits per heavy atom. The lowest BCUT2D eigenvalue weighted by Gasteiger charge is -2.11. The molecule has 106 valence electrons. The molecule has 0 aliphatic rings. The number of sulfone groups is 1. The fourth-order valence-electron chi connectivity index (χ4n) is 1.68. The van der Waals surface area contributed by atoms with Crippen molar-refractivity contribution in [1.29, 1.82) is 0 Å². The quantitative estimate of drug-likeness (QED) is 0.941. The van der Waals surface area contributed by atoms with Crippen molar-refractivity contribution in [3.05, 3.63) is 53.8 Å². The molecule has 0 fully saturated rings. The first-order chi connectivity index (χ1) is 9.41. The van der Waals surface area contributed by atoms with Gasteiger partial charge in [-0.25, -0.2) is 12.8 Å². The van der Waals surface area contributed by atoms with Crippen molar-refractivity contribution in [3.63, 3.8) is 0 Å². The van der Waals surface area contributed by atoms with Crippen LogP contribution in [0.5, 0.6) is 11.5 Å². The molecule has 0 aliphatic carbocycles. The Morgan fingerprint density at radius 2 is 1.90 bits per heavy atom. The molecule has 0 spiro atoms. The van der Waals surface area contributed by atoms with E-state index < -0.39 is 22.3 Å². The molecule has 0 amide bonds. The Morgan fingerprint density at radius 3 is 2.55 bits per heavy atom. The normalized spacial score (nSPS) is 11.3. The second-order valence-electron chi connectivity index (χ2n) is 4.22. The van der Waals surface area contributed by atoms with Gasteiger partial charge in [0.25, 0.3) is 0 Å². The largest absolute Gasteiger partial charge is 0.457 e. The average Bonchev–Trinajstić information content (AvgIpc) is 2.38. The molecule has 0 bridgehead atoms. The van der Waals surface area contributed by atoms with E-state index in [1.165, 1.54) is 36.4 Å². The summed E-state index contributed by atoms with van der Waals surface area (Å²) in [7, 11) is -3.34. The van der Waals surface area contributed by atoms with Crippen molar-refractivity contribution in [2.24, 2.45) is 0 Å². The highest BCUT2D eigenvalue weighted by molar-refractivity contribution is 7.90. The van der Waals surface area contributed by atoms with Crippen LogP contribution in [0.25, 0.3) is 0 Å². The highest BCUT2D eigenvalue weighted by Gasteiger charge is 2.12. The molecule has 0 heterocycles. The summed E-state index contributed by atoms with van der Waals surface area (Å²) >= 11 is 0. The number of rotatable bonds is 4. The van der Waals surface area contributed by atoms with E-state index in [1.54, 1.807) is 6.07 Å². The van der Waals surface area contributed by atoms with Gasteiger partial charge in [0, 0.05) is 6.26 Å². The van der Waals surface area contributed by atoms with Crippen molar-refractivity contribution in [3.8, 4) is 11.5 Å². The number of hydrogen-bond donors (Lipinski definition) is 1. The van der Waals surface area contributed by atoms with Gasteiger partial charge < -0.3 is 9.84 Å². The highest BCUT2D eigenvalue weighted by atomic mass is 32.2. The average molecular weight is 296 g/mol. The molecule has 2 aromatic carbocycles. The lowest BCUT2D eigenvalue weighted by molar-refractivity contribution is 0.270. The van der Waals surface area contributed by atoms with E-state index in [0.29, 0.717) is 0 Å². The van der Waals surface area contributed by atoms with Crippen LogP contribution in [0, 0.1) is 5.82 Å². The Balaban J connectivity index is 2.38. The Bertz CT molecular complexity index is 726. The molecule has 0 saturated heterocycles. The van der Waals surface area contributed by atoms with Crippen molar-refractivity contribution in [2.45, 2.75) is 11.5 Å². The molecule has 4 nitrogen and oxygen atoms in total. The Hall–Kier alpha value is -1.92. The van der Waals surface area contributed by atoms with Gasteiger partial charge in [-0.15, -0.1) is 0 Å². The van der Waals surface area contributed by atoms with E-state index in [2.05, 4.69) is 0 Å².